The highest BCUT2D eigenvalue weighted by atomic mass is 19.4. The molecule has 3 nitrogen and oxygen atoms in total. The maximum absolute atomic E-state index is 13.8. The number of guanidine groups is 1. The van der Waals surface area contributed by atoms with Gasteiger partial charge in [-0.1, -0.05) is 32.0 Å². The summed E-state index contributed by atoms with van der Waals surface area (Å²) in [5.74, 6) is -0.0528. The molecule has 1 aromatic carbocycles. The lowest BCUT2D eigenvalue weighted by atomic mass is 9.84. The fourth-order valence-electron chi connectivity index (χ4n) is 1.95. The largest absolute Gasteiger partial charge is 0.390 e. The quantitative estimate of drug-likeness (QED) is 0.497. The second-order valence-corrected chi connectivity index (χ2v) is 5.58. The summed E-state index contributed by atoms with van der Waals surface area (Å²) in [5.41, 5.74) is 0.000680. The molecule has 22 heavy (non-hydrogen) atoms. The molecule has 0 radical (unpaired) electrons. The zero-order valence-corrected chi connectivity index (χ0v) is 12.9. The first kappa shape index (κ1) is 18.3. The van der Waals surface area contributed by atoms with Crippen molar-refractivity contribution in [3.05, 3.63) is 35.6 Å². The molecular weight excluding hydrogens is 298 g/mol. The smallest absolute Gasteiger partial charge is 0.356 e. The lowest BCUT2D eigenvalue weighted by molar-refractivity contribution is -0.132. The number of hydrogen-bond donors (Lipinski definition) is 2. The summed E-state index contributed by atoms with van der Waals surface area (Å²) in [4.78, 5) is 3.86. The molecule has 0 aliphatic carbocycles. The fourth-order valence-corrected chi connectivity index (χ4v) is 1.95. The predicted octanol–water partition coefficient (Wildman–Crippen LogP) is 3.22. The molecule has 0 fully saturated rings. The Hall–Kier alpha value is -1.79. The molecule has 0 bridgehead atoms. The molecule has 7 heteroatoms. The van der Waals surface area contributed by atoms with Crippen molar-refractivity contribution in [1.82, 2.24) is 10.6 Å². The highest BCUT2D eigenvalue weighted by Crippen LogP contribution is 2.24. The van der Waals surface area contributed by atoms with E-state index in [2.05, 4.69) is 15.6 Å². The van der Waals surface area contributed by atoms with Crippen molar-refractivity contribution >= 4 is 5.96 Å². The Morgan fingerprint density at radius 2 is 1.77 bits per heavy atom. The predicted molar refractivity (Wildman–Crippen MR) is 79.5 cm³/mol. The Bertz CT molecular complexity index is 510. The van der Waals surface area contributed by atoms with Gasteiger partial charge in [-0.05, 0) is 11.6 Å². The summed E-state index contributed by atoms with van der Waals surface area (Å²) in [6.45, 7) is 3.77. The summed E-state index contributed by atoms with van der Waals surface area (Å²) >= 11 is 0. The number of nitrogens with zero attached hydrogens (tertiary/aromatic N) is 1. The van der Waals surface area contributed by atoms with Crippen LogP contribution in [0.4, 0.5) is 17.6 Å². The van der Waals surface area contributed by atoms with Crippen LogP contribution in [0.2, 0.25) is 0 Å². The van der Waals surface area contributed by atoms with Gasteiger partial charge in [0.15, 0.2) is 5.96 Å². The van der Waals surface area contributed by atoms with E-state index in [1.165, 1.54) is 13.1 Å². The lowest BCUT2D eigenvalue weighted by Gasteiger charge is -2.27. The van der Waals surface area contributed by atoms with E-state index in [1.54, 1.807) is 18.2 Å². The molecule has 2 N–H and O–H groups in total. The van der Waals surface area contributed by atoms with Crippen LogP contribution >= 0.6 is 0 Å². The van der Waals surface area contributed by atoms with Crippen LogP contribution in [0.15, 0.2) is 29.3 Å². The third-order valence-corrected chi connectivity index (χ3v) is 3.23. The van der Waals surface area contributed by atoms with Crippen molar-refractivity contribution in [3.8, 4) is 0 Å². The molecule has 0 atom stereocenters. The Kier molecular flexibility index (Phi) is 6.20. The van der Waals surface area contributed by atoms with Gasteiger partial charge in [0.2, 0.25) is 0 Å². The van der Waals surface area contributed by atoms with E-state index in [-0.39, 0.29) is 18.3 Å². The first-order chi connectivity index (χ1) is 10.2. The average Bonchev–Trinajstić information content (AvgIpc) is 2.41. The zero-order chi connectivity index (χ0) is 16.8. The topological polar surface area (TPSA) is 36.4 Å². The highest BCUT2D eigenvalue weighted by molar-refractivity contribution is 5.79. The van der Waals surface area contributed by atoms with E-state index in [1.807, 2.05) is 13.8 Å². The van der Waals surface area contributed by atoms with E-state index in [0.29, 0.717) is 12.1 Å². The van der Waals surface area contributed by atoms with Crippen LogP contribution in [0.1, 0.15) is 25.8 Å². The zero-order valence-electron chi connectivity index (χ0n) is 12.9. The Morgan fingerprint density at radius 3 is 2.32 bits per heavy atom. The van der Waals surface area contributed by atoms with Crippen molar-refractivity contribution in [2.75, 3.05) is 20.1 Å². The minimum absolute atomic E-state index is 0.258. The van der Waals surface area contributed by atoms with Gasteiger partial charge < -0.3 is 10.6 Å². The van der Waals surface area contributed by atoms with Gasteiger partial charge in [-0.15, -0.1) is 0 Å². The third-order valence-electron chi connectivity index (χ3n) is 3.23. The molecule has 0 amide bonds. The molecule has 1 rings (SSSR count). The molecule has 0 heterocycles. The van der Waals surface area contributed by atoms with Crippen molar-refractivity contribution in [3.63, 3.8) is 0 Å². The Balaban J connectivity index is 2.57. The first-order valence-electron chi connectivity index (χ1n) is 6.92. The van der Waals surface area contributed by atoms with Gasteiger partial charge in [0.1, 0.15) is 5.82 Å². The molecule has 0 saturated carbocycles. The maximum atomic E-state index is 13.8. The minimum atomic E-state index is -4.21. The lowest BCUT2D eigenvalue weighted by Crippen LogP contribution is -2.44. The number of nitrogens with one attached hydrogen (secondary N) is 2. The Morgan fingerprint density at radius 1 is 1.14 bits per heavy atom. The molecule has 124 valence electrons. The minimum Gasteiger partial charge on any atom is -0.356 e. The number of benzene rings is 1. The molecule has 0 aliphatic heterocycles. The average molecular weight is 319 g/mol. The van der Waals surface area contributed by atoms with Crippen LogP contribution in [0.5, 0.6) is 0 Å². The van der Waals surface area contributed by atoms with Crippen LogP contribution in [0.25, 0.3) is 0 Å². The molecular formula is C15H21F4N3. The van der Waals surface area contributed by atoms with Gasteiger partial charge in [0.05, 0.1) is 6.42 Å². The molecule has 0 spiro atoms. The number of rotatable bonds is 5. The van der Waals surface area contributed by atoms with Crippen molar-refractivity contribution < 1.29 is 17.6 Å². The normalized spacial score (nSPS) is 13.1. The summed E-state index contributed by atoms with van der Waals surface area (Å²) in [6.07, 6.45) is -5.15. The first-order valence-corrected chi connectivity index (χ1v) is 6.92. The molecule has 1 aromatic rings. The SMILES string of the molecule is CN=C(NCCC(F)(F)F)NCC(C)(C)c1ccccc1F. The third kappa shape index (κ3) is 5.91. The molecule has 0 saturated heterocycles. The van der Waals surface area contributed by atoms with Gasteiger partial charge in [-0.2, -0.15) is 13.2 Å². The van der Waals surface area contributed by atoms with Gasteiger partial charge in [0.25, 0.3) is 0 Å². The van der Waals surface area contributed by atoms with Gasteiger partial charge in [0, 0.05) is 25.6 Å². The second kappa shape index (κ2) is 7.47. The summed E-state index contributed by atoms with van der Waals surface area (Å²) < 4.78 is 50.2. The molecule has 0 aliphatic rings. The summed E-state index contributed by atoms with van der Waals surface area (Å²) in [6, 6.07) is 6.43. The van der Waals surface area contributed by atoms with Crippen LogP contribution in [-0.4, -0.2) is 32.3 Å². The summed E-state index contributed by atoms with van der Waals surface area (Å²) in [5, 5.41) is 5.52. The highest BCUT2D eigenvalue weighted by Gasteiger charge is 2.27. The van der Waals surface area contributed by atoms with E-state index >= 15 is 0 Å². The number of alkyl halides is 3. The monoisotopic (exact) mass is 319 g/mol. The number of hydrogen-bond acceptors (Lipinski definition) is 1. The van der Waals surface area contributed by atoms with Crippen LogP contribution in [-0.2, 0) is 5.41 Å². The number of halogens is 4. The molecule has 0 aromatic heterocycles. The maximum Gasteiger partial charge on any atom is 0.390 e. The fraction of sp³-hybridized carbons (Fsp3) is 0.533. The van der Waals surface area contributed by atoms with E-state index in [0.717, 1.165) is 0 Å². The van der Waals surface area contributed by atoms with Crippen molar-refractivity contribution in [2.45, 2.75) is 31.9 Å². The standard InChI is InChI=1S/C15H21F4N3/c1-14(2,11-6-4-5-7-12(11)16)10-22-13(20-3)21-9-8-15(17,18)19/h4-7H,8-10H2,1-3H3,(H2,20,21,22). The Labute approximate surface area is 127 Å². The van der Waals surface area contributed by atoms with Crippen LogP contribution in [0.3, 0.4) is 0 Å². The van der Waals surface area contributed by atoms with Crippen LogP contribution in [0, 0.1) is 5.82 Å². The van der Waals surface area contributed by atoms with Crippen LogP contribution < -0.4 is 10.6 Å². The van der Waals surface area contributed by atoms with Gasteiger partial charge in [-0.3, -0.25) is 4.99 Å². The van der Waals surface area contributed by atoms with E-state index in [4.69, 9.17) is 0 Å². The van der Waals surface area contributed by atoms with Gasteiger partial charge >= 0.3 is 6.18 Å². The van der Waals surface area contributed by atoms with Crippen molar-refractivity contribution in [2.24, 2.45) is 4.99 Å². The van der Waals surface area contributed by atoms with E-state index < -0.39 is 18.0 Å². The summed E-state index contributed by atoms with van der Waals surface area (Å²) in [7, 11) is 1.47. The molecule has 0 unspecified atom stereocenters. The second-order valence-electron chi connectivity index (χ2n) is 5.58. The van der Waals surface area contributed by atoms with Gasteiger partial charge in [-0.25, -0.2) is 4.39 Å². The van der Waals surface area contributed by atoms with E-state index in [9.17, 15) is 17.6 Å². The van der Waals surface area contributed by atoms with Crippen molar-refractivity contribution in [1.29, 1.82) is 0 Å². The number of aliphatic imine (C=N–C) groups is 1.